The van der Waals surface area contributed by atoms with Crippen molar-refractivity contribution in [2.45, 2.75) is 12.8 Å². The molecule has 3 aromatic rings. The Morgan fingerprint density at radius 1 is 1.06 bits per heavy atom. The van der Waals surface area contributed by atoms with Crippen molar-refractivity contribution in [2.24, 2.45) is 0 Å². The van der Waals surface area contributed by atoms with Gasteiger partial charge in [-0.1, -0.05) is 35.3 Å². The van der Waals surface area contributed by atoms with Crippen LogP contribution in [0.5, 0.6) is 0 Å². The second-order valence-corrected chi connectivity index (χ2v) is 9.02. The van der Waals surface area contributed by atoms with E-state index in [1.54, 1.807) is 3.96 Å². The standard InChI is InChI=1S/C21H20ClF3N4O2S/c22-17-6-5-14(11-16(17)21(23,24)25)26-19(30)12-27-7-9-28(10-8-27)13-29-20(31)15-3-1-2-4-18(15)32-29/h1-6,11H,7-10,12-13H2,(H,26,30). The van der Waals surface area contributed by atoms with E-state index in [9.17, 15) is 22.8 Å². The molecule has 0 radical (unpaired) electrons. The third-order valence-corrected chi connectivity index (χ3v) is 6.65. The predicted molar refractivity (Wildman–Crippen MR) is 119 cm³/mol. The smallest absolute Gasteiger partial charge is 0.325 e. The van der Waals surface area contributed by atoms with Crippen LogP contribution in [0.4, 0.5) is 18.9 Å². The van der Waals surface area contributed by atoms with Crippen molar-refractivity contribution in [3.8, 4) is 0 Å². The van der Waals surface area contributed by atoms with Crippen LogP contribution >= 0.6 is 23.1 Å². The zero-order valence-electron chi connectivity index (χ0n) is 16.9. The first-order valence-electron chi connectivity index (χ1n) is 9.91. The van der Waals surface area contributed by atoms with Gasteiger partial charge in [0.25, 0.3) is 5.56 Å². The number of halogens is 4. The number of hydrogen-bond acceptors (Lipinski definition) is 5. The highest BCUT2D eigenvalue weighted by Crippen LogP contribution is 2.36. The minimum atomic E-state index is -4.59. The lowest BCUT2D eigenvalue weighted by molar-refractivity contribution is -0.137. The van der Waals surface area contributed by atoms with Gasteiger partial charge < -0.3 is 5.32 Å². The van der Waals surface area contributed by atoms with Crippen molar-refractivity contribution in [1.82, 2.24) is 13.8 Å². The van der Waals surface area contributed by atoms with Crippen LogP contribution in [0.25, 0.3) is 10.1 Å². The molecule has 2 aromatic carbocycles. The van der Waals surface area contributed by atoms with Crippen molar-refractivity contribution < 1.29 is 18.0 Å². The summed E-state index contributed by atoms with van der Waals surface area (Å²) in [7, 11) is 0. The summed E-state index contributed by atoms with van der Waals surface area (Å²) < 4.78 is 41.6. The molecule has 0 bridgehead atoms. The quantitative estimate of drug-likeness (QED) is 0.596. The summed E-state index contributed by atoms with van der Waals surface area (Å²) in [6, 6.07) is 10.8. The third-order valence-electron chi connectivity index (χ3n) is 5.27. The van der Waals surface area contributed by atoms with Crippen LogP contribution in [0.1, 0.15) is 5.56 Å². The van der Waals surface area contributed by atoms with Crippen LogP contribution in [0.3, 0.4) is 0 Å². The van der Waals surface area contributed by atoms with E-state index in [0.29, 0.717) is 38.2 Å². The van der Waals surface area contributed by atoms with Crippen LogP contribution in [0.2, 0.25) is 5.02 Å². The average Bonchev–Trinajstić information content (AvgIpc) is 3.05. The Bertz CT molecular complexity index is 1190. The van der Waals surface area contributed by atoms with Crippen LogP contribution in [0.15, 0.2) is 47.3 Å². The van der Waals surface area contributed by atoms with Crippen LogP contribution in [-0.4, -0.2) is 52.4 Å². The van der Waals surface area contributed by atoms with Crippen LogP contribution in [0, 0.1) is 0 Å². The van der Waals surface area contributed by atoms with E-state index in [4.69, 9.17) is 11.6 Å². The Hall–Kier alpha value is -2.40. The number of carbonyl (C=O) groups is 1. The Kier molecular flexibility index (Phi) is 6.57. The minimum Gasteiger partial charge on any atom is -0.325 e. The molecule has 1 saturated heterocycles. The molecule has 0 saturated carbocycles. The summed E-state index contributed by atoms with van der Waals surface area (Å²) in [5, 5.41) is 2.80. The molecule has 1 aromatic heterocycles. The molecule has 0 unspecified atom stereocenters. The van der Waals surface area contributed by atoms with Gasteiger partial charge in [-0.25, -0.2) is 3.96 Å². The first-order valence-corrected chi connectivity index (χ1v) is 11.1. The van der Waals surface area contributed by atoms with Crippen molar-refractivity contribution in [3.05, 3.63) is 63.4 Å². The fourth-order valence-electron chi connectivity index (χ4n) is 3.60. The van der Waals surface area contributed by atoms with Gasteiger partial charge in [-0.3, -0.25) is 19.4 Å². The summed E-state index contributed by atoms with van der Waals surface area (Å²) in [5.74, 6) is -0.394. The van der Waals surface area contributed by atoms with Gasteiger partial charge in [0, 0.05) is 31.9 Å². The summed E-state index contributed by atoms with van der Waals surface area (Å²) in [6.45, 7) is 3.13. The van der Waals surface area contributed by atoms with Crippen LogP contribution in [-0.2, 0) is 17.6 Å². The Balaban J connectivity index is 1.30. The summed E-state index contributed by atoms with van der Waals surface area (Å²) in [5.41, 5.74) is -0.940. The molecule has 4 rings (SSSR count). The van der Waals surface area contributed by atoms with Crippen LogP contribution < -0.4 is 10.9 Å². The normalized spacial score (nSPS) is 15.9. The largest absolute Gasteiger partial charge is 0.417 e. The first-order chi connectivity index (χ1) is 15.2. The van der Waals surface area contributed by atoms with E-state index in [0.717, 1.165) is 16.8 Å². The average molecular weight is 485 g/mol. The molecule has 0 aliphatic carbocycles. The Morgan fingerprint density at radius 3 is 2.44 bits per heavy atom. The number of amides is 1. The van der Waals surface area contributed by atoms with E-state index in [-0.39, 0.29) is 17.8 Å². The number of nitrogens with one attached hydrogen (secondary N) is 1. The monoisotopic (exact) mass is 484 g/mol. The Morgan fingerprint density at radius 2 is 1.75 bits per heavy atom. The maximum atomic E-state index is 13.0. The molecule has 1 aliphatic heterocycles. The van der Waals surface area contributed by atoms with Gasteiger partial charge in [-0.05, 0) is 30.3 Å². The molecule has 170 valence electrons. The zero-order valence-corrected chi connectivity index (χ0v) is 18.4. The lowest BCUT2D eigenvalue weighted by atomic mass is 10.2. The van der Waals surface area contributed by atoms with Gasteiger partial charge in [0.15, 0.2) is 0 Å². The van der Waals surface area contributed by atoms with Gasteiger partial charge in [0.1, 0.15) is 0 Å². The lowest BCUT2D eigenvalue weighted by Crippen LogP contribution is -2.49. The van der Waals surface area contributed by atoms with Gasteiger partial charge in [0.2, 0.25) is 5.91 Å². The maximum absolute atomic E-state index is 13.0. The highest BCUT2D eigenvalue weighted by Gasteiger charge is 2.33. The molecule has 1 aliphatic rings. The summed E-state index contributed by atoms with van der Waals surface area (Å²) >= 11 is 7.04. The number of carbonyl (C=O) groups excluding carboxylic acids is 1. The number of nitrogens with zero attached hydrogens (tertiary/aromatic N) is 3. The molecule has 1 N–H and O–H groups in total. The number of fused-ring (bicyclic) bond motifs is 1. The number of benzene rings is 2. The molecule has 1 fully saturated rings. The molecule has 2 heterocycles. The molecular formula is C21H20ClF3N4O2S. The van der Waals surface area contributed by atoms with Gasteiger partial charge >= 0.3 is 6.18 Å². The topological polar surface area (TPSA) is 57.6 Å². The summed E-state index contributed by atoms with van der Waals surface area (Å²) in [6.07, 6.45) is -4.59. The van der Waals surface area contributed by atoms with E-state index in [1.165, 1.54) is 17.6 Å². The molecular weight excluding hydrogens is 465 g/mol. The Labute approximate surface area is 190 Å². The van der Waals surface area contributed by atoms with Crippen molar-refractivity contribution in [2.75, 3.05) is 38.0 Å². The van der Waals surface area contributed by atoms with Gasteiger partial charge in [0.05, 0.1) is 33.9 Å². The zero-order chi connectivity index (χ0) is 22.9. The van der Waals surface area contributed by atoms with E-state index < -0.39 is 22.7 Å². The molecule has 0 atom stereocenters. The molecule has 32 heavy (non-hydrogen) atoms. The lowest BCUT2D eigenvalue weighted by Gasteiger charge is -2.34. The van der Waals surface area contributed by atoms with Gasteiger partial charge in [-0.15, -0.1) is 0 Å². The number of piperazine rings is 1. The van der Waals surface area contributed by atoms with Crippen molar-refractivity contribution >= 4 is 44.8 Å². The third kappa shape index (κ3) is 5.15. The molecule has 1 amide bonds. The SMILES string of the molecule is O=C(CN1CCN(Cn2sc3ccccc3c2=O)CC1)Nc1ccc(Cl)c(C(F)(F)F)c1. The van der Waals surface area contributed by atoms with E-state index >= 15 is 0 Å². The van der Waals surface area contributed by atoms with E-state index in [2.05, 4.69) is 10.2 Å². The fraction of sp³-hybridized carbons (Fsp3) is 0.333. The molecule has 6 nitrogen and oxygen atoms in total. The second-order valence-electron chi connectivity index (χ2n) is 7.55. The van der Waals surface area contributed by atoms with E-state index in [1.807, 2.05) is 29.2 Å². The van der Waals surface area contributed by atoms with Crippen molar-refractivity contribution in [3.63, 3.8) is 0 Å². The number of rotatable bonds is 5. The highest BCUT2D eigenvalue weighted by atomic mass is 35.5. The van der Waals surface area contributed by atoms with Crippen molar-refractivity contribution in [1.29, 1.82) is 0 Å². The number of aromatic nitrogens is 1. The summed E-state index contributed by atoms with van der Waals surface area (Å²) in [4.78, 5) is 28.9. The predicted octanol–water partition coefficient (Wildman–Crippen LogP) is 3.95. The first kappa shape index (κ1) is 22.8. The highest BCUT2D eigenvalue weighted by molar-refractivity contribution is 7.13. The minimum absolute atomic E-state index is 0.00593. The second kappa shape index (κ2) is 9.22. The molecule has 0 spiro atoms. The number of anilines is 1. The number of hydrogen-bond donors (Lipinski definition) is 1. The van der Waals surface area contributed by atoms with Gasteiger partial charge in [-0.2, -0.15) is 13.2 Å². The maximum Gasteiger partial charge on any atom is 0.417 e. The number of alkyl halides is 3. The molecule has 11 heteroatoms. The fourth-order valence-corrected chi connectivity index (χ4v) is 4.86.